The highest BCUT2D eigenvalue weighted by Crippen LogP contribution is 2.33. The molecule has 0 bridgehead atoms. The number of phenolic OH excluding ortho intramolecular Hbond substituents is 1. The molecule has 198 valence electrons. The molecule has 38 heavy (non-hydrogen) atoms. The number of rotatable bonds is 10. The summed E-state index contributed by atoms with van der Waals surface area (Å²) in [6.45, 7) is 8.09. The summed E-state index contributed by atoms with van der Waals surface area (Å²) >= 11 is 8.15. The molecule has 0 unspecified atom stereocenters. The number of benzene rings is 2. The Hall–Kier alpha value is -3.06. The highest BCUT2D eigenvalue weighted by molar-refractivity contribution is 9.11. The number of nitrogens with zero attached hydrogens (tertiary/aromatic N) is 4. The molecule has 0 spiro atoms. The molecule has 2 aromatic heterocycles. The smallest absolute Gasteiger partial charge is 0.339 e. The molecule has 2 amide bonds. The number of hydrogen-bond acceptors (Lipinski definition) is 8. The number of phenols is 1. The number of hydrazone groups is 1. The molecule has 0 aliphatic heterocycles. The van der Waals surface area contributed by atoms with Gasteiger partial charge in [-0.1, -0.05) is 13.8 Å². The lowest BCUT2D eigenvalue weighted by atomic mass is 10.2. The summed E-state index contributed by atoms with van der Waals surface area (Å²) in [5.41, 5.74) is 5.47. The van der Waals surface area contributed by atoms with Crippen LogP contribution in [0.15, 0.2) is 61.9 Å². The van der Waals surface area contributed by atoms with Gasteiger partial charge in [0.2, 0.25) is 0 Å². The van der Waals surface area contributed by atoms with Gasteiger partial charge in [0.1, 0.15) is 11.6 Å². The fourth-order valence-corrected chi connectivity index (χ4v) is 5.69. The average Bonchev–Trinajstić information content (AvgIpc) is 3.39. The topological polar surface area (TPSA) is 115 Å². The first kappa shape index (κ1) is 28.0. The number of urea groups is 1. The molecule has 0 saturated heterocycles. The van der Waals surface area contributed by atoms with Gasteiger partial charge in [-0.25, -0.2) is 20.2 Å². The van der Waals surface area contributed by atoms with Crippen molar-refractivity contribution in [3.8, 4) is 17.1 Å². The van der Waals surface area contributed by atoms with E-state index in [4.69, 9.17) is 9.97 Å². The van der Waals surface area contributed by atoms with E-state index in [9.17, 15) is 9.90 Å². The van der Waals surface area contributed by atoms with Gasteiger partial charge >= 0.3 is 6.03 Å². The summed E-state index contributed by atoms with van der Waals surface area (Å²) in [4.78, 5) is 24.2. The maximum atomic E-state index is 12.3. The van der Waals surface area contributed by atoms with Crippen molar-refractivity contribution >= 4 is 77.2 Å². The molecular weight excluding hydrogens is 634 g/mol. The summed E-state index contributed by atoms with van der Waals surface area (Å²) < 4.78 is 2.07. The van der Waals surface area contributed by atoms with E-state index in [1.54, 1.807) is 35.6 Å². The standard InChI is InChI=1S/C26H27Br2N7O2S/c1-3-35(4-2)11-10-29-25-23-21(9-12-38-23)32-24(33-25)17-5-7-18(8-6-17)31-26(37)34-30-15-16-13-19(27)22(36)20(28)14-16/h5-9,12-15,36H,3-4,10-11H2,1-2H3,(H,29,32,33)(H2,31,34,37)/b30-15+. The Morgan fingerprint density at radius 1 is 1.11 bits per heavy atom. The number of halogens is 2. The van der Waals surface area contributed by atoms with Gasteiger partial charge in [0, 0.05) is 24.3 Å². The lowest BCUT2D eigenvalue weighted by Gasteiger charge is -2.18. The molecule has 9 nitrogen and oxygen atoms in total. The molecule has 0 radical (unpaired) electrons. The number of fused-ring (bicyclic) bond motifs is 1. The number of anilines is 2. The lowest BCUT2D eigenvalue weighted by Crippen LogP contribution is -2.28. The fraction of sp³-hybridized carbons (Fsp3) is 0.231. The third kappa shape index (κ3) is 7.07. The number of aromatic hydroxyl groups is 1. The molecular formula is C26H27Br2N7O2S. The molecule has 4 N–H and O–H groups in total. The quantitative estimate of drug-likeness (QED) is 0.114. The summed E-state index contributed by atoms with van der Waals surface area (Å²) in [5.74, 6) is 1.55. The minimum Gasteiger partial charge on any atom is -0.506 e. The monoisotopic (exact) mass is 659 g/mol. The molecule has 0 fully saturated rings. The van der Waals surface area contributed by atoms with Crippen LogP contribution in [0.3, 0.4) is 0 Å². The number of nitrogens with one attached hydrogen (secondary N) is 3. The van der Waals surface area contributed by atoms with Crippen LogP contribution in [0.1, 0.15) is 19.4 Å². The van der Waals surface area contributed by atoms with E-state index in [1.165, 1.54) is 6.21 Å². The Bertz CT molecular complexity index is 1420. The Kier molecular flexibility index (Phi) is 9.67. The van der Waals surface area contributed by atoms with Gasteiger partial charge in [0.25, 0.3) is 0 Å². The Morgan fingerprint density at radius 2 is 1.82 bits per heavy atom. The van der Waals surface area contributed by atoms with E-state index in [1.807, 2.05) is 23.6 Å². The SMILES string of the molecule is CCN(CC)CCNc1nc(-c2ccc(NC(=O)N/N=C/c3cc(Br)c(O)c(Br)c3)cc2)nc2ccsc12. The maximum absolute atomic E-state index is 12.3. The van der Waals surface area contributed by atoms with Crippen LogP contribution in [0.4, 0.5) is 16.3 Å². The molecule has 12 heteroatoms. The van der Waals surface area contributed by atoms with Crippen LogP contribution >= 0.6 is 43.2 Å². The largest absolute Gasteiger partial charge is 0.506 e. The van der Waals surface area contributed by atoms with E-state index >= 15 is 0 Å². The second-order valence-electron chi connectivity index (χ2n) is 8.22. The summed E-state index contributed by atoms with van der Waals surface area (Å²) in [6.07, 6.45) is 1.48. The van der Waals surface area contributed by atoms with Crippen LogP contribution in [0.25, 0.3) is 21.6 Å². The highest BCUT2D eigenvalue weighted by Gasteiger charge is 2.12. The molecule has 0 atom stereocenters. The van der Waals surface area contributed by atoms with Crippen molar-refractivity contribution in [3.05, 3.63) is 62.4 Å². The third-order valence-electron chi connectivity index (χ3n) is 5.74. The van der Waals surface area contributed by atoms with Crippen molar-refractivity contribution in [1.82, 2.24) is 20.3 Å². The van der Waals surface area contributed by atoms with E-state index in [-0.39, 0.29) is 5.75 Å². The molecule has 4 rings (SSSR count). The predicted octanol–water partition coefficient (Wildman–Crippen LogP) is 6.50. The number of hydrogen-bond donors (Lipinski definition) is 4. The van der Waals surface area contributed by atoms with E-state index in [0.29, 0.717) is 26.0 Å². The number of carbonyl (C=O) groups is 1. The van der Waals surface area contributed by atoms with E-state index < -0.39 is 6.03 Å². The zero-order valence-electron chi connectivity index (χ0n) is 20.8. The number of amides is 2. The summed E-state index contributed by atoms with van der Waals surface area (Å²) in [5, 5.41) is 22.0. The summed E-state index contributed by atoms with van der Waals surface area (Å²) in [6, 6.07) is 12.2. The number of aromatic nitrogens is 2. The first-order valence-electron chi connectivity index (χ1n) is 12.0. The van der Waals surface area contributed by atoms with Crippen molar-refractivity contribution in [3.63, 3.8) is 0 Å². The van der Waals surface area contributed by atoms with Crippen molar-refractivity contribution in [2.24, 2.45) is 5.10 Å². The van der Waals surface area contributed by atoms with Gasteiger partial charge in [0.05, 0.1) is 25.4 Å². The Balaban J connectivity index is 1.39. The lowest BCUT2D eigenvalue weighted by molar-refractivity contribution is 0.252. The van der Waals surface area contributed by atoms with Gasteiger partial charge in [-0.15, -0.1) is 11.3 Å². The first-order chi connectivity index (χ1) is 18.4. The van der Waals surface area contributed by atoms with Crippen LogP contribution in [0.5, 0.6) is 5.75 Å². The average molecular weight is 661 g/mol. The molecule has 2 heterocycles. The van der Waals surface area contributed by atoms with Crippen molar-refractivity contribution in [2.75, 3.05) is 36.8 Å². The highest BCUT2D eigenvalue weighted by atomic mass is 79.9. The van der Waals surface area contributed by atoms with E-state index in [0.717, 1.165) is 47.8 Å². The number of likely N-dealkylation sites (N-methyl/N-ethyl adjacent to an activating group) is 1. The van der Waals surface area contributed by atoms with Crippen LogP contribution in [0, 0.1) is 0 Å². The first-order valence-corrected chi connectivity index (χ1v) is 14.4. The van der Waals surface area contributed by atoms with E-state index in [2.05, 4.69) is 71.8 Å². The summed E-state index contributed by atoms with van der Waals surface area (Å²) in [7, 11) is 0. The van der Waals surface area contributed by atoms with Crippen molar-refractivity contribution in [1.29, 1.82) is 0 Å². The maximum Gasteiger partial charge on any atom is 0.339 e. The van der Waals surface area contributed by atoms with Crippen molar-refractivity contribution in [2.45, 2.75) is 13.8 Å². The van der Waals surface area contributed by atoms with Gasteiger partial charge < -0.3 is 20.6 Å². The van der Waals surface area contributed by atoms with Gasteiger partial charge in [0.15, 0.2) is 5.82 Å². The second kappa shape index (κ2) is 13.1. The molecule has 2 aromatic carbocycles. The molecule has 0 aliphatic rings. The minimum atomic E-state index is -0.485. The van der Waals surface area contributed by atoms with Crippen LogP contribution < -0.4 is 16.1 Å². The Morgan fingerprint density at radius 3 is 2.50 bits per heavy atom. The van der Waals surface area contributed by atoms with Crippen LogP contribution in [-0.2, 0) is 0 Å². The predicted molar refractivity (Wildman–Crippen MR) is 162 cm³/mol. The zero-order valence-corrected chi connectivity index (χ0v) is 24.8. The van der Waals surface area contributed by atoms with Gasteiger partial charge in [-0.05, 0) is 98.4 Å². The van der Waals surface area contributed by atoms with Gasteiger partial charge in [-0.2, -0.15) is 5.10 Å². The van der Waals surface area contributed by atoms with Crippen LogP contribution in [-0.4, -0.2) is 58.4 Å². The Labute approximate surface area is 241 Å². The second-order valence-corrected chi connectivity index (χ2v) is 10.8. The molecule has 4 aromatic rings. The fourth-order valence-electron chi connectivity index (χ4n) is 3.67. The zero-order chi connectivity index (χ0) is 27.1. The van der Waals surface area contributed by atoms with Gasteiger partial charge in [-0.3, -0.25) is 0 Å². The van der Waals surface area contributed by atoms with Crippen LogP contribution in [0.2, 0.25) is 0 Å². The minimum absolute atomic E-state index is 0.0970. The molecule has 0 aliphatic carbocycles. The number of carbonyl (C=O) groups excluding carboxylic acids is 1. The molecule has 0 saturated carbocycles. The normalized spacial score (nSPS) is 11.4. The third-order valence-corrected chi connectivity index (χ3v) is 7.86. The number of thiophene rings is 1. The van der Waals surface area contributed by atoms with Crippen molar-refractivity contribution < 1.29 is 9.90 Å².